The number of amides is 1. The fourth-order valence-electron chi connectivity index (χ4n) is 2.18. The first kappa shape index (κ1) is 13.7. The van der Waals surface area contributed by atoms with Gasteiger partial charge in [-0.1, -0.05) is 13.3 Å². The second kappa shape index (κ2) is 5.95. The van der Waals surface area contributed by atoms with Gasteiger partial charge >= 0.3 is 0 Å². The standard InChI is InChI=1S/C15H22N2O2/c1-15(8-2-9-15)11-17-14(18)7-10-19-13-5-3-12(16)4-6-13/h3-6H,2,7-11,16H2,1H3,(H,17,18). The van der Waals surface area contributed by atoms with Crippen LogP contribution >= 0.6 is 0 Å². The molecule has 0 unspecified atom stereocenters. The third-order valence-electron chi connectivity index (χ3n) is 3.75. The summed E-state index contributed by atoms with van der Waals surface area (Å²) < 4.78 is 5.49. The van der Waals surface area contributed by atoms with Gasteiger partial charge in [0.25, 0.3) is 0 Å². The van der Waals surface area contributed by atoms with Crippen molar-refractivity contribution < 1.29 is 9.53 Å². The number of benzene rings is 1. The van der Waals surface area contributed by atoms with Gasteiger partial charge in [-0.3, -0.25) is 4.79 Å². The molecule has 1 aliphatic carbocycles. The molecule has 1 aliphatic rings. The number of ether oxygens (including phenoxy) is 1. The van der Waals surface area contributed by atoms with Crippen molar-refractivity contribution in [2.24, 2.45) is 5.41 Å². The van der Waals surface area contributed by atoms with E-state index in [1.165, 1.54) is 19.3 Å². The number of nitrogens with two attached hydrogens (primary N) is 1. The maximum Gasteiger partial charge on any atom is 0.223 e. The molecule has 0 radical (unpaired) electrons. The zero-order valence-electron chi connectivity index (χ0n) is 11.4. The van der Waals surface area contributed by atoms with E-state index in [4.69, 9.17) is 10.5 Å². The van der Waals surface area contributed by atoms with Crippen LogP contribution in [0.2, 0.25) is 0 Å². The number of anilines is 1. The van der Waals surface area contributed by atoms with Crippen LogP contribution in [0.3, 0.4) is 0 Å². The minimum Gasteiger partial charge on any atom is -0.493 e. The minimum absolute atomic E-state index is 0.0589. The lowest BCUT2D eigenvalue weighted by molar-refractivity contribution is -0.122. The van der Waals surface area contributed by atoms with Crippen molar-refractivity contribution in [1.29, 1.82) is 0 Å². The first-order valence-electron chi connectivity index (χ1n) is 6.82. The molecule has 0 aliphatic heterocycles. The van der Waals surface area contributed by atoms with Gasteiger partial charge in [0, 0.05) is 12.2 Å². The summed E-state index contributed by atoms with van der Waals surface area (Å²) in [4.78, 5) is 11.7. The minimum atomic E-state index is 0.0589. The first-order chi connectivity index (χ1) is 9.07. The van der Waals surface area contributed by atoms with E-state index in [-0.39, 0.29) is 5.91 Å². The van der Waals surface area contributed by atoms with Gasteiger partial charge < -0.3 is 15.8 Å². The molecule has 4 nitrogen and oxygen atoms in total. The van der Waals surface area contributed by atoms with Crippen molar-refractivity contribution in [3.05, 3.63) is 24.3 Å². The Morgan fingerprint density at radius 3 is 2.63 bits per heavy atom. The maximum absolute atomic E-state index is 11.7. The molecule has 0 bridgehead atoms. The molecule has 2 rings (SSSR count). The number of nitrogen functional groups attached to an aromatic ring is 1. The number of rotatable bonds is 6. The Morgan fingerprint density at radius 1 is 1.37 bits per heavy atom. The fraction of sp³-hybridized carbons (Fsp3) is 0.533. The van der Waals surface area contributed by atoms with E-state index in [2.05, 4.69) is 12.2 Å². The van der Waals surface area contributed by atoms with Crippen LogP contribution in [-0.2, 0) is 4.79 Å². The lowest BCUT2D eigenvalue weighted by Gasteiger charge is -2.38. The third kappa shape index (κ3) is 4.16. The van der Waals surface area contributed by atoms with E-state index in [0.717, 1.165) is 12.3 Å². The monoisotopic (exact) mass is 262 g/mol. The van der Waals surface area contributed by atoms with Gasteiger partial charge in [-0.2, -0.15) is 0 Å². The normalized spacial score (nSPS) is 16.5. The van der Waals surface area contributed by atoms with Crippen molar-refractivity contribution in [2.75, 3.05) is 18.9 Å². The SMILES string of the molecule is CC1(CNC(=O)CCOc2ccc(N)cc2)CCC1. The molecule has 19 heavy (non-hydrogen) atoms. The maximum atomic E-state index is 11.7. The van der Waals surface area contributed by atoms with Gasteiger partial charge in [0.2, 0.25) is 5.91 Å². The molecule has 4 heteroatoms. The first-order valence-corrected chi connectivity index (χ1v) is 6.82. The summed E-state index contributed by atoms with van der Waals surface area (Å²) in [7, 11) is 0. The quantitative estimate of drug-likeness (QED) is 0.773. The van der Waals surface area contributed by atoms with E-state index in [1.54, 1.807) is 12.1 Å². The third-order valence-corrected chi connectivity index (χ3v) is 3.75. The van der Waals surface area contributed by atoms with Crippen LogP contribution in [0.15, 0.2) is 24.3 Å². The Hall–Kier alpha value is -1.71. The molecule has 0 atom stereocenters. The Kier molecular flexibility index (Phi) is 4.30. The lowest BCUT2D eigenvalue weighted by Crippen LogP contribution is -2.40. The lowest BCUT2D eigenvalue weighted by atomic mass is 9.70. The summed E-state index contributed by atoms with van der Waals surface area (Å²) in [5, 5.41) is 2.98. The van der Waals surface area contributed by atoms with E-state index in [9.17, 15) is 4.79 Å². The number of nitrogens with one attached hydrogen (secondary N) is 1. The van der Waals surface area contributed by atoms with Crippen LogP contribution in [0.5, 0.6) is 5.75 Å². The van der Waals surface area contributed by atoms with Gasteiger partial charge in [0.15, 0.2) is 0 Å². The zero-order valence-corrected chi connectivity index (χ0v) is 11.4. The van der Waals surface area contributed by atoms with E-state index in [0.29, 0.717) is 24.1 Å². The molecule has 0 saturated heterocycles. The molecule has 1 aromatic rings. The summed E-state index contributed by atoms with van der Waals surface area (Å²) in [6.45, 7) is 3.40. The Labute approximate surface area is 114 Å². The van der Waals surface area contributed by atoms with Crippen LogP contribution in [0.1, 0.15) is 32.6 Å². The molecule has 104 valence electrons. The van der Waals surface area contributed by atoms with E-state index < -0.39 is 0 Å². The Morgan fingerprint density at radius 2 is 2.05 bits per heavy atom. The van der Waals surface area contributed by atoms with Crippen LogP contribution in [-0.4, -0.2) is 19.1 Å². The molecule has 0 aromatic heterocycles. The highest BCUT2D eigenvalue weighted by Gasteiger charge is 2.31. The van der Waals surface area contributed by atoms with Crippen molar-refractivity contribution in [3.63, 3.8) is 0 Å². The molecule has 0 spiro atoms. The second-order valence-electron chi connectivity index (χ2n) is 5.61. The molecule has 1 saturated carbocycles. The predicted octanol–water partition coefficient (Wildman–Crippen LogP) is 2.34. The van der Waals surface area contributed by atoms with Crippen molar-refractivity contribution in [2.45, 2.75) is 32.6 Å². The highest BCUT2D eigenvalue weighted by Crippen LogP contribution is 2.39. The van der Waals surface area contributed by atoms with Crippen LogP contribution in [0.25, 0.3) is 0 Å². The van der Waals surface area contributed by atoms with Crippen molar-refractivity contribution >= 4 is 11.6 Å². The number of hydrogen-bond acceptors (Lipinski definition) is 3. The average molecular weight is 262 g/mol. The molecule has 1 amide bonds. The van der Waals surface area contributed by atoms with E-state index >= 15 is 0 Å². The number of carbonyl (C=O) groups excluding carboxylic acids is 1. The largest absolute Gasteiger partial charge is 0.493 e. The molecule has 1 aromatic carbocycles. The van der Waals surface area contributed by atoms with Gasteiger partial charge in [0.1, 0.15) is 5.75 Å². The summed E-state index contributed by atoms with van der Waals surface area (Å²) >= 11 is 0. The summed E-state index contributed by atoms with van der Waals surface area (Å²) in [6.07, 6.45) is 4.11. The highest BCUT2D eigenvalue weighted by molar-refractivity contribution is 5.76. The Bertz CT molecular complexity index is 424. The molecule has 1 fully saturated rings. The van der Waals surface area contributed by atoms with Crippen molar-refractivity contribution in [1.82, 2.24) is 5.32 Å². The summed E-state index contributed by atoms with van der Waals surface area (Å²) in [6, 6.07) is 7.19. The predicted molar refractivity (Wildman–Crippen MR) is 75.9 cm³/mol. The smallest absolute Gasteiger partial charge is 0.223 e. The van der Waals surface area contributed by atoms with Gasteiger partial charge in [-0.25, -0.2) is 0 Å². The fourth-order valence-corrected chi connectivity index (χ4v) is 2.18. The topological polar surface area (TPSA) is 64.3 Å². The summed E-state index contributed by atoms with van der Waals surface area (Å²) in [5.41, 5.74) is 6.62. The zero-order chi connectivity index (χ0) is 13.7. The van der Waals surface area contributed by atoms with Crippen LogP contribution in [0, 0.1) is 5.41 Å². The molecule has 3 N–H and O–H groups in total. The number of hydrogen-bond donors (Lipinski definition) is 2. The average Bonchev–Trinajstić information content (AvgIpc) is 2.36. The Balaban J connectivity index is 1.62. The highest BCUT2D eigenvalue weighted by atomic mass is 16.5. The second-order valence-corrected chi connectivity index (χ2v) is 5.61. The van der Waals surface area contributed by atoms with Gasteiger partial charge in [-0.15, -0.1) is 0 Å². The number of carbonyl (C=O) groups is 1. The van der Waals surface area contributed by atoms with Gasteiger partial charge in [-0.05, 0) is 42.5 Å². The van der Waals surface area contributed by atoms with Crippen LogP contribution < -0.4 is 15.8 Å². The van der Waals surface area contributed by atoms with Gasteiger partial charge in [0.05, 0.1) is 13.0 Å². The van der Waals surface area contributed by atoms with E-state index in [1.807, 2.05) is 12.1 Å². The molecule has 0 heterocycles. The molecular formula is C15H22N2O2. The van der Waals surface area contributed by atoms with Crippen LogP contribution in [0.4, 0.5) is 5.69 Å². The van der Waals surface area contributed by atoms with Crippen molar-refractivity contribution in [3.8, 4) is 5.75 Å². The summed E-state index contributed by atoms with van der Waals surface area (Å²) in [5.74, 6) is 0.802. The molecular weight excluding hydrogens is 240 g/mol.